The third-order valence-electron chi connectivity index (χ3n) is 4.00. The lowest BCUT2D eigenvalue weighted by molar-refractivity contribution is 0.231. The Kier molecular flexibility index (Phi) is 3.48. The monoisotopic (exact) mass is 195 g/mol. The Morgan fingerprint density at radius 3 is 2.43 bits per heavy atom. The van der Waals surface area contributed by atoms with Gasteiger partial charge in [-0.15, -0.1) is 0 Å². The predicted molar refractivity (Wildman–Crippen MR) is 61.4 cm³/mol. The van der Waals surface area contributed by atoms with Crippen LogP contribution in [0.15, 0.2) is 0 Å². The van der Waals surface area contributed by atoms with Crippen molar-refractivity contribution < 1.29 is 0 Å². The average molecular weight is 195 g/mol. The fraction of sp³-hybridized carbons (Fsp3) is 1.00. The highest BCUT2D eigenvalue weighted by Crippen LogP contribution is 2.34. The summed E-state index contributed by atoms with van der Waals surface area (Å²) in [4.78, 5) is 2.59. The van der Waals surface area contributed by atoms with Crippen LogP contribution in [0.2, 0.25) is 0 Å². The average Bonchev–Trinajstić information content (AvgIpc) is 3.04. The van der Waals surface area contributed by atoms with Crippen LogP contribution in [0.4, 0.5) is 0 Å². The van der Waals surface area contributed by atoms with Crippen LogP contribution in [0.25, 0.3) is 0 Å². The van der Waals surface area contributed by atoms with Crippen molar-refractivity contribution in [2.45, 2.75) is 70.4 Å². The molecule has 0 aromatic carbocycles. The molecule has 0 aromatic rings. The van der Waals surface area contributed by atoms with E-state index in [4.69, 9.17) is 0 Å². The van der Waals surface area contributed by atoms with E-state index in [-0.39, 0.29) is 0 Å². The molecule has 0 radical (unpaired) electrons. The zero-order valence-electron chi connectivity index (χ0n) is 9.84. The normalized spacial score (nSPS) is 24.2. The number of rotatable bonds is 7. The molecule has 2 fully saturated rings. The minimum Gasteiger partial charge on any atom is -0.301 e. The Labute approximate surface area is 88.9 Å². The van der Waals surface area contributed by atoms with Crippen LogP contribution in [0.5, 0.6) is 0 Å². The summed E-state index contributed by atoms with van der Waals surface area (Å²) in [5.74, 6) is 1.13. The van der Waals surface area contributed by atoms with Gasteiger partial charge in [0.05, 0.1) is 0 Å². The highest BCUT2D eigenvalue weighted by Gasteiger charge is 2.28. The first kappa shape index (κ1) is 10.5. The lowest BCUT2D eigenvalue weighted by Crippen LogP contribution is -2.30. The molecule has 0 saturated heterocycles. The molecule has 0 spiro atoms. The molecule has 0 aromatic heterocycles. The van der Waals surface area contributed by atoms with Crippen molar-refractivity contribution in [3.8, 4) is 0 Å². The summed E-state index contributed by atoms with van der Waals surface area (Å²) in [6, 6.07) is 1.76. The van der Waals surface area contributed by atoms with Gasteiger partial charge in [0.1, 0.15) is 0 Å². The smallest absolute Gasteiger partial charge is 0.00961 e. The van der Waals surface area contributed by atoms with E-state index >= 15 is 0 Å². The van der Waals surface area contributed by atoms with Crippen LogP contribution in [0, 0.1) is 5.92 Å². The molecule has 1 atom stereocenters. The number of hydrogen-bond donors (Lipinski definition) is 0. The summed E-state index contributed by atoms with van der Waals surface area (Å²) in [6.07, 6.45) is 11.8. The Morgan fingerprint density at radius 2 is 1.86 bits per heavy atom. The summed E-state index contributed by atoms with van der Waals surface area (Å²) >= 11 is 0. The Balaban J connectivity index is 1.49. The molecule has 0 heterocycles. The van der Waals surface area contributed by atoms with Crippen molar-refractivity contribution in [2.75, 3.05) is 7.05 Å². The van der Waals surface area contributed by atoms with Gasteiger partial charge in [-0.25, -0.2) is 0 Å². The van der Waals surface area contributed by atoms with Gasteiger partial charge in [-0.3, -0.25) is 0 Å². The van der Waals surface area contributed by atoms with Gasteiger partial charge in [0, 0.05) is 12.1 Å². The Morgan fingerprint density at radius 1 is 1.14 bits per heavy atom. The third kappa shape index (κ3) is 3.27. The summed E-state index contributed by atoms with van der Waals surface area (Å²) in [6.45, 7) is 2.40. The second kappa shape index (κ2) is 4.65. The van der Waals surface area contributed by atoms with Crippen molar-refractivity contribution in [3.05, 3.63) is 0 Å². The second-order valence-electron chi connectivity index (χ2n) is 5.47. The van der Waals surface area contributed by atoms with E-state index in [0.29, 0.717) is 0 Å². The maximum Gasteiger partial charge on any atom is 0.00961 e. The molecule has 1 heteroatoms. The largest absolute Gasteiger partial charge is 0.301 e. The van der Waals surface area contributed by atoms with Crippen LogP contribution in [0.1, 0.15) is 58.3 Å². The van der Waals surface area contributed by atoms with Crippen LogP contribution in [-0.2, 0) is 0 Å². The Hall–Kier alpha value is -0.0400. The van der Waals surface area contributed by atoms with Crippen molar-refractivity contribution in [1.82, 2.24) is 4.90 Å². The highest BCUT2D eigenvalue weighted by atomic mass is 15.2. The first-order valence-electron chi connectivity index (χ1n) is 6.49. The fourth-order valence-corrected chi connectivity index (χ4v) is 2.32. The first-order valence-corrected chi connectivity index (χ1v) is 6.49. The van der Waals surface area contributed by atoms with E-state index in [2.05, 4.69) is 18.9 Å². The third-order valence-corrected chi connectivity index (χ3v) is 4.00. The molecule has 2 rings (SSSR count). The van der Waals surface area contributed by atoms with Gasteiger partial charge in [-0.2, -0.15) is 0 Å². The first-order chi connectivity index (χ1) is 6.77. The molecule has 0 amide bonds. The highest BCUT2D eigenvalue weighted by molar-refractivity contribution is 4.85. The van der Waals surface area contributed by atoms with E-state index in [1.54, 1.807) is 0 Å². The van der Waals surface area contributed by atoms with E-state index < -0.39 is 0 Å². The molecule has 0 unspecified atom stereocenters. The van der Waals surface area contributed by atoms with Crippen molar-refractivity contribution in [2.24, 2.45) is 5.92 Å². The van der Waals surface area contributed by atoms with E-state index in [9.17, 15) is 0 Å². The van der Waals surface area contributed by atoms with Gasteiger partial charge in [0.15, 0.2) is 0 Å². The van der Waals surface area contributed by atoms with Crippen LogP contribution >= 0.6 is 0 Å². The maximum absolute atomic E-state index is 2.59. The molecule has 1 nitrogen and oxygen atoms in total. The van der Waals surface area contributed by atoms with Crippen LogP contribution in [0.3, 0.4) is 0 Å². The van der Waals surface area contributed by atoms with Gasteiger partial charge in [0.25, 0.3) is 0 Å². The van der Waals surface area contributed by atoms with Crippen molar-refractivity contribution >= 4 is 0 Å². The Bertz CT molecular complexity index is 170. The molecular formula is C13H25N. The molecule has 82 valence electrons. The summed E-state index contributed by atoms with van der Waals surface area (Å²) in [5, 5.41) is 0. The van der Waals surface area contributed by atoms with Gasteiger partial charge in [0.2, 0.25) is 0 Å². The molecule has 0 N–H and O–H groups in total. The van der Waals surface area contributed by atoms with Crippen molar-refractivity contribution in [1.29, 1.82) is 0 Å². The van der Waals surface area contributed by atoms with Gasteiger partial charge < -0.3 is 4.90 Å². The second-order valence-corrected chi connectivity index (χ2v) is 5.47. The summed E-state index contributed by atoms with van der Waals surface area (Å²) < 4.78 is 0. The SMILES string of the molecule is C[C@@H](CCCCC1CC1)N(C)C1CC1. The number of nitrogens with zero attached hydrogens (tertiary/aromatic N) is 1. The quantitative estimate of drug-likeness (QED) is 0.562. The van der Waals surface area contributed by atoms with Gasteiger partial charge in [-0.1, -0.05) is 32.1 Å². The van der Waals surface area contributed by atoms with Crippen LogP contribution < -0.4 is 0 Å². The van der Waals surface area contributed by atoms with Crippen LogP contribution in [-0.4, -0.2) is 24.0 Å². The molecule has 2 aliphatic rings. The fourth-order valence-electron chi connectivity index (χ4n) is 2.32. The molecule has 2 saturated carbocycles. The van der Waals surface area contributed by atoms with E-state index in [1.165, 1.54) is 51.4 Å². The molecule has 0 aliphatic heterocycles. The predicted octanol–water partition coefficient (Wildman–Crippen LogP) is 3.44. The van der Waals surface area contributed by atoms with E-state index in [0.717, 1.165) is 18.0 Å². The molecule has 14 heavy (non-hydrogen) atoms. The zero-order chi connectivity index (χ0) is 9.97. The standard InChI is InChI=1S/C13H25N/c1-11(14(2)13-9-10-13)5-3-4-6-12-7-8-12/h11-13H,3-10H2,1-2H3/t11-/m0/s1. The number of unbranched alkanes of at least 4 members (excludes halogenated alkanes) is 1. The maximum atomic E-state index is 2.59. The lowest BCUT2D eigenvalue weighted by Gasteiger charge is -2.24. The molecule has 2 aliphatic carbocycles. The topological polar surface area (TPSA) is 3.24 Å². The minimum atomic E-state index is 0.821. The minimum absolute atomic E-state index is 0.821. The van der Waals surface area contributed by atoms with Crippen molar-refractivity contribution in [3.63, 3.8) is 0 Å². The number of hydrogen-bond acceptors (Lipinski definition) is 1. The van der Waals surface area contributed by atoms with Gasteiger partial charge >= 0.3 is 0 Å². The molecule has 0 bridgehead atoms. The molecular weight excluding hydrogens is 170 g/mol. The summed E-state index contributed by atoms with van der Waals surface area (Å²) in [7, 11) is 2.31. The lowest BCUT2D eigenvalue weighted by atomic mass is 10.1. The van der Waals surface area contributed by atoms with E-state index in [1.807, 2.05) is 0 Å². The van der Waals surface area contributed by atoms with Gasteiger partial charge in [-0.05, 0) is 39.2 Å². The zero-order valence-corrected chi connectivity index (χ0v) is 9.84. The summed E-state index contributed by atoms with van der Waals surface area (Å²) in [5.41, 5.74) is 0.